The van der Waals surface area contributed by atoms with Crippen LogP contribution in [0, 0.1) is 0 Å². The molecule has 0 saturated carbocycles. The number of carbonyl (C=O) groups is 1. The monoisotopic (exact) mass is 167 g/mol. The Labute approximate surface area is 69.3 Å². The van der Waals surface area contributed by atoms with E-state index in [9.17, 15) is 4.79 Å². The van der Waals surface area contributed by atoms with Crippen molar-refractivity contribution >= 4 is 18.4 Å². The van der Waals surface area contributed by atoms with Crippen LogP contribution in [0.3, 0.4) is 0 Å². The minimum absolute atomic E-state index is 0.190. The highest BCUT2D eigenvalue weighted by atomic mass is 16.1. The van der Waals surface area contributed by atoms with E-state index in [4.69, 9.17) is 0 Å². The van der Waals surface area contributed by atoms with Gasteiger partial charge < -0.3 is 5.32 Å². The number of rotatable bonds is 2. The number of hydrogen-bond donors (Lipinski definition) is 1. The van der Waals surface area contributed by atoms with E-state index in [0.717, 1.165) is 0 Å². The highest BCUT2D eigenvalue weighted by molar-refractivity contribution is 5.96. The maximum atomic E-state index is 11.1. The number of nitrogens with zero attached hydrogens (tertiary/aromatic N) is 4. The molecule has 0 unspecified atom stereocenters. The molecule has 0 aliphatic carbocycles. The van der Waals surface area contributed by atoms with Crippen molar-refractivity contribution in [3.63, 3.8) is 0 Å². The molecule has 0 spiro atoms. The lowest BCUT2D eigenvalue weighted by Gasteiger charge is -1.95. The summed E-state index contributed by atoms with van der Waals surface area (Å²) < 4.78 is 1.39. The van der Waals surface area contributed by atoms with Gasteiger partial charge in [0.1, 0.15) is 0 Å². The molecule has 1 aromatic rings. The van der Waals surface area contributed by atoms with Crippen LogP contribution in [0.2, 0.25) is 0 Å². The summed E-state index contributed by atoms with van der Waals surface area (Å²) in [7, 11) is 3.16. The summed E-state index contributed by atoms with van der Waals surface area (Å²) in [6.07, 6.45) is 0. The number of nitrogens with one attached hydrogen (secondary N) is 1. The van der Waals surface area contributed by atoms with Gasteiger partial charge in [-0.3, -0.25) is 4.79 Å². The van der Waals surface area contributed by atoms with Gasteiger partial charge in [-0.05, 0) is 6.72 Å². The van der Waals surface area contributed by atoms with Crippen LogP contribution >= 0.6 is 0 Å². The molecule has 0 saturated heterocycles. The molecule has 0 aliphatic heterocycles. The Bertz CT molecular complexity index is 316. The maximum absolute atomic E-state index is 11.1. The fourth-order valence-electron chi connectivity index (χ4n) is 0.795. The predicted molar refractivity (Wildman–Crippen MR) is 43.6 cm³/mol. The van der Waals surface area contributed by atoms with Crippen molar-refractivity contribution in [2.45, 2.75) is 0 Å². The molecule has 1 amide bonds. The lowest BCUT2D eigenvalue weighted by atomic mass is 10.4. The number of hydrogen-bond acceptors (Lipinski definition) is 4. The molecule has 64 valence electrons. The van der Waals surface area contributed by atoms with E-state index in [1.54, 1.807) is 7.05 Å². The van der Waals surface area contributed by atoms with Crippen molar-refractivity contribution in [2.24, 2.45) is 12.0 Å². The van der Waals surface area contributed by atoms with Crippen molar-refractivity contribution in [2.75, 3.05) is 7.05 Å². The first-order valence-electron chi connectivity index (χ1n) is 3.29. The lowest BCUT2D eigenvalue weighted by Crippen LogP contribution is -2.18. The second kappa shape index (κ2) is 3.12. The number of aliphatic imine (C=N–C) groups is 1. The minimum atomic E-state index is -0.314. The standard InChI is InChI=1S/C6H9N5O/c1-7-5-4(6(12)8-2)9-10-11(5)3/h1H2,2-3H3,(H,8,12). The number of carbonyl (C=O) groups excluding carboxylic acids is 1. The summed E-state index contributed by atoms with van der Waals surface area (Å²) in [5, 5.41) is 9.68. The molecular formula is C6H9N5O. The quantitative estimate of drug-likeness (QED) is 0.604. The van der Waals surface area contributed by atoms with Crippen LogP contribution < -0.4 is 5.32 Å². The van der Waals surface area contributed by atoms with Gasteiger partial charge in [0.2, 0.25) is 0 Å². The molecule has 0 bridgehead atoms. The SMILES string of the molecule is C=Nc1c(C(=O)NC)nnn1C. The Kier molecular flexibility index (Phi) is 2.18. The smallest absolute Gasteiger partial charge is 0.275 e. The van der Waals surface area contributed by atoms with E-state index in [-0.39, 0.29) is 11.6 Å². The van der Waals surface area contributed by atoms with Crippen molar-refractivity contribution in [1.29, 1.82) is 0 Å². The molecule has 6 nitrogen and oxygen atoms in total. The third-order valence-corrected chi connectivity index (χ3v) is 1.39. The topological polar surface area (TPSA) is 72.2 Å². The van der Waals surface area contributed by atoms with Gasteiger partial charge in [-0.1, -0.05) is 5.21 Å². The van der Waals surface area contributed by atoms with Gasteiger partial charge in [0.25, 0.3) is 5.91 Å². The summed E-state index contributed by atoms with van der Waals surface area (Å²) >= 11 is 0. The van der Waals surface area contributed by atoms with Crippen molar-refractivity contribution in [3.05, 3.63) is 5.69 Å². The van der Waals surface area contributed by atoms with Crippen LogP contribution in [0.15, 0.2) is 4.99 Å². The number of amides is 1. The largest absolute Gasteiger partial charge is 0.354 e. The van der Waals surface area contributed by atoms with Crippen LogP contribution in [0.25, 0.3) is 0 Å². The Morgan fingerprint density at radius 3 is 2.92 bits per heavy atom. The zero-order valence-electron chi connectivity index (χ0n) is 6.90. The molecule has 6 heteroatoms. The van der Waals surface area contributed by atoms with Gasteiger partial charge in [0.05, 0.1) is 0 Å². The summed E-state index contributed by atoms with van der Waals surface area (Å²) in [5.74, 6) is 0.0554. The van der Waals surface area contributed by atoms with E-state index >= 15 is 0 Å². The highest BCUT2D eigenvalue weighted by Crippen LogP contribution is 2.12. The molecule has 1 heterocycles. The fraction of sp³-hybridized carbons (Fsp3) is 0.333. The predicted octanol–water partition coefficient (Wildman–Crippen LogP) is -0.493. The van der Waals surface area contributed by atoms with Gasteiger partial charge in [-0.25, -0.2) is 9.67 Å². The molecule has 12 heavy (non-hydrogen) atoms. The van der Waals surface area contributed by atoms with Crippen LogP contribution in [0.1, 0.15) is 10.5 Å². The molecular weight excluding hydrogens is 158 g/mol. The van der Waals surface area contributed by atoms with Crippen molar-refractivity contribution < 1.29 is 4.79 Å². The first-order chi connectivity index (χ1) is 5.70. The summed E-state index contributed by atoms with van der Waals surface area (Å²) in [6, 6.07) is 0. The Morgan fingerprint density at radius 2 is 2.42 bits per heavy atom. The molecule has 0 aliphatic rings. The summed E-state index contributed by atoms with van der Waals surface area (Å²) in [4.78, 5) is 14.7. The molecule has 0 radical (unpaired) electrons. The normalized spacial score (nSPS) is 9.50. The van der Waals surface area contributed by atoms with Crippen LogP contribution in [-0.2, 0) is 7.05 Å². The van der Waals surface area contributed by atoms with Gasteiger partial charge in [0.15, 0.2) is 11.5 Å². The lowest BCUT2D eigenvalue weighted by molar-refractivity contribution is 0.0959. The molecule has 1 rings (SSSR count). The second-order valence-corrected chi connectivity index (χ2v) is 2.12. The zero-order chi connectivity index (χ0) is 9.14. The molecule has 0 aromatic carbocycles. The minimum Gasteiger partial charge on any atom is -0.354 e. The molecule has 0 atom stereocenters. The molecule has 1 aromatic heterocycles. The average molecular weight is 167 g/mol. The van der Waals surface area contributed by atoms with E-state index in [0.29, 0.717) is 5.82 Å². The van der Waals surface area contributed by atoms with Gasteiger partial charge >= 0.3 is 0 Å². The van der Waals surface area contributed by atoms with Gasteiger partial charge in [-0.2, -0.15) is 0 Å². The van der Waals surface area contributed by atoms with Gasteiger partial charge in [0, 0.05) is 14.1 Å². The fourth-order valence-corrected chi connectivity index (χ4v) is 0.795. The van der Waals surface area contributed by atoms with Crippen LogP contribution in [0.4, 0.5) is 5.82 Å². The van der Waals surface area contributed by atoms with Crippen molar-refractivity contribution in [3.8, 4) is 0 Å². The van der Waals surface area contributed by atoms with Gasteiger partial charge in [-0.15, -0.1) is 5.10 Å². The van der Waals surface area contributed by atoms with E-state index in [1.165, 1.54) is 11.7 Å². The van der Waals surface area contributed by atoms with E-state index in [1.807, 2.05) is 0 Å². The Hall–Kier alpha value is -1.72. The Morgan fingerprint density at radius 1 is 1.75 bits per heavy atom. The second-order valence-electron chi connectivity index (χ2n) is 2.12. The zero-order valence-corrected chi connectivity index (χ0v) is 6.90. The molecule has 1 N–H and O–H groups in total. The maximum Gasteiger partial charge on any atom is 0.275 e. The highest BCUT2D eigenvalue weighted by Gasteiger charge is 2.15. The van der Waals surface area contributed by atoms with Crippen LogP contribution in [-0.4, -0.2) is 34.7 Å². The number of aryl methyl sites for hydroxylation is 1. The molecule has 0 fully saturated rings. The average Bonchev–Trinajstić information content (AvgIpc) is 2.45. The van der Waals surface area contributed by atoms with E-state index in [2.05, 4.69) is 27.3 Å². The van der Waals surface area contributed by atoms with Crippen LogP contribution in [0.5, 0.6) is 0 Å². The first-order valence-corrected chi connectivity index (χ1v) is 3.29. The third-order valence-electron chi connectivity index (χ3n) is 1.39. The Balaban J connectivity index is 3.15. The van der Waals surface area contributed by atoms with E-state index < -0.39 is 0 Å². The number of aromatic nitrogens is 3. The first kappa shape index (κ1) is 8.38. The third kappa shape index (κ3) is 1.18. The van der Waals surface area contributed by atoms with Crippen molar-refractivity contribution in [1.82, 2.24) is 20.3 Å². The summed E-state index contributed by atoms with van der Waals surface area (Å²) in [5.41, 5.74) is 0.190. The summed E-state index contributed by atoms with van der Waals surface area (Å²) in [6.45, 7) is 3.31.